The van der Waals surface area contributed by atoms with Gasteiger partial charge in [0.2, 0.25) is 0 Å². The van der Waals surface area contributed by atoms with Crippen LogP contribution in [0.2, 0.25) is 0 Å². The van der Waals surface area contributed by atoms with Crippen molar-refractivity contribution < 1.29 is 13.5 Å². The van der Waals surface area contributed by atoms with Gasteiger partial charge in [-0.2, -0.15) is 5.26 Å². The van der Waals surface area contributed by atoms with Gasteiger partial charge in [0.1, 0.15) is 11.8 Å². The summed E-state index contributed by atoms with van der Waals surface area (Å²) in [5, 5.41) is 8.10. The third-order valence-corrected chi connectivity index (χ3v) is 1.12. The van der Waals surface area contributed by atoms with Crippen molar-refractivity contribution in [3.8, 4) is 11.8 Å². The summed E-state index contributed by atoms with van der Waals surface area (Å²) in [6.45, 7) is -0.196. The van der Waals surface area contributed by atoms with Crippen LogP contribution in [0.15, 0.2) is 12.1 Å². The molecule has 0 bridgehead atoms. The second kappa shape index (κ2) is 3.67. The molecule has 0 N–H and O–H groups in total. The van der Waals surface area contributed by atoms with E-state index in [9.17, 15) is 8.78 Å². The van der Waals surface area contributed by atoms with Crippen molar-refractivity contribution in [1.82, 2.24) is 0 Å². The topological polar surface area (TPSA) is 33.0 Å². The molecular weight excluding hydrogens is 164 g/mol. The van der Waals surface area contributed by atoms with Crippen LogP contribution in [-0.4, -0.2) is 6.61 Å². The number of ether oxygens (including phenoxy) is 1. The molecule has 0 aliphatic carbocycles. The lowest BCUT2D eigenvalue weighted by molar-refractivity contribution is 0.363. The molecule has 0 aromatic heterocycles. The third kappa shape index (κ3) is 1.92. The molecule has 0 aliphatic heterocycles. The number of hydrogen-bond acceptors (Lipinski definition) is 2. The van der Waals surface area contributed by atoms with Crippen LogP contribution in [0.3, 0.4) is 0 Å². The quantitative estimate of drug-likeness (QED) is 0.672. The molecule has 0 atom stereocenters. The lowest BCUT2D eigenvalue weighted by atomic mass is 10.3. The highest BCUT2D eigenvalue weighted by Crippen LogP contribution is 2.14. The maximum Gasteiger partial charge on any atom is 0.174 e. The normalized spacial score (nSPS) is 9.08. The molecule has 0 spiro atoms. The lowest BCUT2D eigenvalue weighted by Crippen LogP contribution is -1.94. The number of hydrogen-bond donors (Lipinski definition) is 0. The van der Waals surface area contributed by atoms with Crippen molar-refractivity contribution in [2.24, 2.45) is 0 Å². The molecule has 4 heteroatoms. The maximum atomic E-state index is 12.4. The molecule has 1 aromatic rings. The minimum absolute atomic E-state index is 0.0930. The predicted molar refractivity (Wildman–Crippen MR) is 36.3 cm³/mol. The van der Waals surface area contributed by atoms with Crippen LogP contribution in [0, 0.1) is 29.0 Å². The third-order valence-electron chi connectivity index (χ3n) is 1.12. The first-order valence-corrected chi connectivity index (χ1v) is 3.10. The number of benzene rings is 1. The van der Waals surface area contributed by atoms with E-state index < -0.39 is 11.6 Å². The Morgan fingerprint density at radius 1 is 1.58 bits per heavy atom. The molecule has 0 saturated carbocycles. The highest BCUT2D eigenvalue weighted by Gasteiger charge is 2.02. The van der Waals surface area contributed by atoms with Gasteiger partial charge >= 0.3 is 0 Å². The second-order valence-electron chi connectivity index (χ2n) is 1.94. The Morgan fingerprint density at radius 2 is 2.33 bits per heavy atom. The molecule has 1 rings (SSSR count). The fourth-order valence-corrected chi connectivity index (χ4v) is 0.632. The summed E-state index contributed by atoms with van der Waals surface area (Å²) in [5.41, 5.74) is 0. The van der Waals surface area contributed by atoms with Gasteiger partial charge in [-0.1, -0.05) is 0 Å². The van der Waals surface area contributed by atoms with E-state index in [-0.39, 0.29) is 12.4 Å². The van der Waals surface area contributed by atoms with E-state index >= 15 is 0 Å². The van der Waals surface area contributed by atoms with Crippen molar-refractivity contribution in [3.63, 3.8) is 0 Å². The number of nitriles is 1. The van der Waals surface area contributed by atoms with E-state index in [4.69, 9.17) is 10.00 Å². The molecule has 0 fully saturated rings. The fourth-order valence-electron chi connectivity index (χ4n) is 0.632. The molecule has 2 nitrogen and oxygen atoms in total. The van der Waals surface area contributed by atoms with Gasteiger partial charge in [-0.15, -0.1) is 0 Å². The van der Waals surface area contributed by atoms with Crippen LogP contribution >= 0.6 is 0 Å². The highest BCUT2D eigenvalue weighted by atomic mass is 19.2. The largest absolute Gasteiger partial charge is 0.479 e. The molecule has 61 valence electrons. The van der Waals surface area contributed by atoms with Gasteiger partial charge in [-0.3, -0.25) is 0 Å². The van der Waals surface area contributed by atoms with Gasteiger partial charge in [0.15, 0.2) is 18.2 Å². The van der Waals surface area contributed by atoms with E-state index in [1.807, 2.05) is 6.07 Å². The van der Waals surface area contributed by atoms with Gasteiger partial charge in [0.25, 0.3) is 0 Å². The molecule has 1 radical (unpaired) electrons. The van der Waals surface area contributed by atoms with E-state index in [2.05, 4.69) is 0 Å². The Kier molecular flexibility index (Phi) is 2.59. The Labute approximate surface area is 68.0 Å². The first-order valence-electron chi connectivity index (χ1n) is 3.10. The lowest BCUT2D eigenvalue weighted by Gasteiger charge is -2.00. The van der Waals surface area contributed by atoms with Crippen LogP contribution in [0.5, 0.6) is 5.75 Å². The summed E-state index contributed by atoms with van der Waals surface area (Å²) < 4.78 is 29.4. The Bertz CT molecular complexity index is 319. The van der Waals surface area contributed by atoms with E-state index in [0.717, 1.165) is 12.1 Å². The van der Waals surface area contributed by atoms with Crippen LogP contribution in [0.4, 0.5) is 8.78 Å². The van der Waals surface area contributed by atoms with Crippen molar-refractivity contribution in [2.45, 2.75) is 0 Å². The molecular formula is C8H4F2NO. The Morgan fingerprint density at radius 3 is 2.92 bits per heavy atom. The van der Waals surface area contributed by atoms with Crippen LogP contribution in [0.1, 0.15) is 0 Å². The Hall–Kier alpha value is -1.63. The van der Waals surface area contributed by atoms with Gasteiger partial charge in [-0.05, 0) is 6.07 Å². The first-order chi connectivity index (χ1) is 5.74. The summed E-state index contributed by atoms with van der Waals surface area (Å²) in [4.78, 5) is 0. The van der Waals surface area contributed by atoms with Crippen molar-refractivity contribution in [2.75, 3.05) is 6.61 Å². The van der Waals surface area contributed by atoms with Gasteiger partial charge in [0, 0.05) is 12.1 Å². The number of halogens is 2. The molecule has 0 aliphatic rings. The zero-order valence-corrected chi connectivity index (χ0v) is 5.97. The molecule has 1 aromatic carbocycles. The van der Waals surface area contributed by atoms with E-state index in [1.54, 1.807) is 6.07 Å². The fraction of sp³-hybridized carbons (Fsp3) is 0.125. The minimum atomic E-state index is -1.06. The molecule has 0 unspecified atom stereocenters. The van der Waals surface area contributed by atoms with Gasteiger partial charge in [0.05, 0.1) is 0 Å². The summed E-state index contributed by atoms with van der Waals surface area (Å²) >= 11 is 0. The molecule has 12 heavy (non-hydrogen) atoms. The molecule has 0 heterocycles. The number of nitrogens with zero attached hydrogens (tertiary/aromatic N) is 1. The van der Waals surface area contributed by atoms with E-state index in [1.165, 1.54) is 0 Å². The van der Waals surface area contributed by atoms with Crippen LogP contribution in [0.25, 0.3) is 0 Å². The van der Waals surface area contributed by atoms with Crippen molar-refractivity contribution >= 4 is 0 Å². The monoisotopic (exact) mass is 168 g/mol. The van der Waals surface area contributed by atoms with Gasteiger partial charge in [-0.25, -0.2) is 8.78 Å². The van der Waals surface area contributed by atoms with Crippen molar-refractivity contribution in [3.05, 3.63) is 29.8 Å². The average molecular weight is 168 g/mol. The molecule has 0 amide bonds. The van der Waals surface area contributed by atoms with Gasteiger partial charge < -0.3 is 4.74 Å². The van der Waals surface area contributed by atoms with Crippen LogP contribution < -0.4 is 4.74 Å². The zero-order valence-electron chi connectivity index (χ0n) is 5.97. The average Bonchev–Trinajstić information content (AvgIpc) is 2.07. The SMILES string of the molecule is N#CCOc1c[c]c(F)c(F)c1. The minimum Gasteiger partial charge on any atom is -0.479 e. The summed E-state index contributed by atoms with van der Waals surface area (Å²) in [7, 11) is 0. The maximum absolute atomic E-state index is 12.4. The first kappa shape index (κ1) is 8.47. The van der Waals surface area contributed by atoms with E-state index in [0.29, 0.717) is 0 Å². The molecule has 0 saturated heterocycles. The Balaban J connectivity index is 2.77. The summed E-state index contributed by atoms with van der Waals surface area (Å²) in [6, 6.07) is 5.70. The number of rotatable bonds is 2. The second-order valence-corrected chi connectivity index (χ2v) is 1.94. The zero-order chi connectivity index (χ0) is 8.97. The smallest absolute Gasteiger partial charge is 0.174 e. The predicted octanol–water partition coefficient (Wildman–Crippen LogP) is 1.67. The van der Waals surface area contributed by atoms with Crippen LogP contribution in [-0.2, 0) is 0 Å². The summed E-state index contributed by atoms with van der Waals surface area (Å²) in [6.07, 6.45) is 0. The standard InChI is InChI=1S/C8H4F2NO/c9-7-2-1-6(5-8(7)10)12-4-3-11/h1,5H,4H2. The van der Waals surface area contributed by atoms with Crippen molar-refractivity contribution in [1.29, 1.82) is 5.26 Å². The highest BCUT2D eigenvalue weighted by molar-refractivity contribution is 5.22. The summed E-state index contributed by atoms with van der Waals surface area (Å²) in [5.74, 6) is -2.00.